The summed E-state index contributed by atoms with van der Waals surface area (Å²) in [7, 11) is 0.721. The van der Waals surface area contributed by atoms with E-state index in [1.54, 1.807) is 32.0 Å². The maximum Gasteiger partial charge on any atom is 0.355 e. The first-order valence-corrected chi connectivity index (χ1v) is 12.2. The fourth-order valence-corrected chi connectivity index (χ4v) is 5.03. The Bertz CT molecular complexity index is 1040. The molecule has 1 saturated heterocycles. The van der Waals surface area contributed by atoms with Crippen molar-refractivity contribution >= 4 is 33.2 Å². The van der Waals surface area contributed by atoms with Gasteiger partial charge in [0.05, 0.1) is 42.2 Å². The number of anilines is 2. The van der Waals surface area contributed by atoms with Crippen LogP contribution in [0, 0.1) is 0 Å². The van der Waals surface area contributed by atoms with Gasteiger partial charge >= 0.3 is 11.9 Å². The zero-order valence-electron chi connectivity index (χ0n) is 19.7. The van der Waals surface area contributed by atoms with Crippen LogP contribution in [0.5, 0.6) is 0 Å². The van der Waals surface area contributed by atoms with Crippen LogP contribution in [0.1, 0.15) is 13.8 Å². The van der Waals surface area contributed by atoms with Crippen molar-refractivity contribution in [2.45, 2.75) is 24.0 Å². The van der Waals surface area contributed by atoms with Crippen LogP contribution in [0.15, 0.2) is 34.4 Å². The highest BCUT2D eigenvalue weighted by atomic mass is 32.2. The van der Waals surface area contributed by atoms with E-state index in [1.807, 2.05) is 7.05 Å². The summed E-state index contributed by atoms with van der Waals surface area (Å²) >= 11 is 0. The molecule has 11 heteroatoms. The van der Waals surface area contributed by atoms with Gasteiger partial charge in [-0.2, -0.15) is 0 Å². The summed E-state index contributed by atoms with van der Waals surface area (Å²) in [6, 6.07) is 5.06. The maximum atomic E-state index is 13.2. The second-order valence-corrected chi connectivity index (χ2v) is 10.7. The molecule has 1 fully saturated rings. The van der Waals surface area contributed by atoms with Crippen LogP contribution < -0.4 is 9.80 Å². The van der Waals surface area contributed by atoms with Crippen molar-refractivity contribution in [3.05, 3.63) is 29.5 Å². The van der Waals surface area contributed by atoms with Crippen molar-refractivity contribution in [1.82, 2.24) is 4.90 Å². The first-order valence-electron chi connectivity index (χ1n) is 10.7. The van der Waals surface area contributed by atoms with Gasteiger partial charge < -0.3 is 28.9 Å². The van der Waals surface area contributed by atoms with Crippen molar-refractivity contribution < 1.29 is 32.2 Å². The molecule has 33 heavy (non-hydrogen) atoms. The number of rotatable bonds is 6. The van der Waals surface area contributed by atoms with Crippen LogP contribution >= 0.6 is 0 Å². The summed E-state index contributed by atoms with van der Waals surface area (Å²) in [5.41, 5.74) is 0.941. The number of sulfone groups is 1. The first kappa shape index (κ1) is 25.0. The lowest BCUT2D eigenvalue weighted by Gasteiger charge is -2.36. The van der Waals surface area contributed by atoms with Gasteiger partial charge in [0.25, 0.3) is 0 Å². The van der Waals surface area contributed by atoms with Crippen molar-refractivity contribution in [2.24, 2.45) is 0 Å². The van der Waals surface area contributed by atoms with Gasteiger partial charge in [0, 0.05) is 31.9 Å². The predicted octanol–water partition coefficient (Wildman–Crippen LogP) is 1.01. The Morgan fingerprint density at radius 2 is 1.67 bits per heavy atom. The van der Waals surface area contributed by atoms with Crippen LogP contribution in [-0.4, -0.2) is 91.3 Å². The molecule has 0 radical (unpaired) electrons. The lowest BCUT2D eigenvalue weighted by molar-refractivity contribution is -0.140. The largest absolute Gasteiger partial charge is 0.466 e. The second kappa shape index (κ2) is 10.1. The molecule has 0 amide bonds. The summed E-state index contributed by atoms with van der Waals surface area (Å²) in [6.45, 7) is 6.19. The minimum atomic E-state index is -3.73. The van der Waals surface area contributed by atoms with Crippen molar-refractivity contribution in [2.75, 3.05) is 70.6 Å². The molecule has 2 aliphatic heterocycles. The third-order valence-corrected chi connectivity index (χ3v) is 8.06. The van der Waals surface area contributed by atoms with Gasteiger partial charge in [-0.3, -0.25) is 0 Å². The number of piperazine rings is 1. The Hall–Kier alpha value is -2.63. The maximum absolute atomic E-state index is 13.2. The van der Waals surface area contributed by atoms with Crippen LogP contribution in [0.2, 0.25) is 0 Å². The minimum absolute atomic E-state index is 0.0338. The van der Waals surface area contributed by atoms with Gasteiger partial charge in [0.2, 0.25) is 0 Å². The number of nitrogens with zero attached hydrogens (tertiary/aromatic N) is 3. The van der Waals surface area contributed by atoms with E-state index < -0.39 is 27.0 Å². The standard InChI is InChI=1S/C22H31N3O7S/c1-15(2)33(28,29)19-7-6-16(24-10-8-23(3)9-11-24)12-18(19)25-14-32-13-17(21(26)30-4)20(25)22(27)31-5/h6-7,12,15H,8-11,13-14H2,1-5H3. The van der Waals surface area contributed by atoms with E-state index in [2.05, 4.69) is 9.80 Å². The van der Waals surface area contributed by atoms with Crippen molar-refractivity contribution in [3.63, 3.8) is 0 Å². The van der Waals surface area contributed by atoms with Gasteiger partial charge in [-0.15, -0.1) is 0 Å². The Balaban J connectivity index is 2.21. The molecule has 0 spiro atoms. The van der Waals surface area contributed by atoms with Crippen LogP contribution in [0.3, 0.4) is 0 Å². The highest BCUT2D eigenvalue weighted by molar-refractivity contribution is 7.92. The molecule has 182 valence electrons. The molecule has 0 bridgehead atoms. The van der Waals surface area contributed by atoms with E-state index >= 15 is 0 Å². The van der Waals surface area contributed by atoms with Gasteiger partial charge in [-0.05, 0) is 39.1 Å². The molecule has 10 nitrogen and oxygen atoms in total. The number of esters is 2. The Labute approximate surface area is 194 Å². The van der Waals surface area contributed by atoms with Gasteiger partial charge in [0.1, 0.15) is 12.4 Å². The third-order valence-electron chi connectivity index (χ3n) is 5.86. The Morgan fingerprint density at radius 1 is 1.03 bits per heavy atom. The van der Waals surface area contributed by atoms with E-state index in [4.69, 9.17) is 14.2 Å². The average molecular weight is 482 g/mol. The Kier molecular flexibility index (Phi) is 7.65. The van der Waals surface area contributed by atoms with Gasteiger partial charge in [-0.25, -0.2) is 18.0 Å². The lowest BCUT2D eigenvalue weighted by atomic mass is 10.1. The van der Waals surface area contributed by atoms with E-state index in [0.717, 1.165) is 31.9 Å². The van der Waals surface area contributed by atoms with E-state index in [1.165, 1.54) is 19.1 Å². The highest BCUT2D eigenvalue weighted by Gasteiger charge is 2.36. The number of hydrogen-bond acceptors (Lipinski definition) is 10. The molecule has 3 rings (SSSR count). The normalized spacial score (nSPS) is 18.0. The molecule has 2 aliphatic rings. The quantitative estimate of drug-likeness (QED) is 0.547. The topological polar surface area (TPSA) is 106 Å². The second-order valence-electron chi connectivity index (χ2n) is 8.25. The summed E-state index contributed by atoms with van der Waals surface area (Å²) < 4.78 is 41.8. The molecule has 1 aromatic carbocycles. The van der Waals surface area contributed by atoms with E-state index in [-0.39, 0.29) is 35.2 Å². The highest BCUT2D eigenvalue weighted by Crippen LogP contribution is 2.37. The smallest absolute Gasteiger partial charge is 0.355 e. The molecular weight excluding hydrogens is 450 g/mol. The van der Waals surface area contributed by atoms with Crippen LogP contribution in [0.4, 0.5) is 11.4 Å². The SMILES string of the molecule is COC(=O)C1=C(C(=O)OC)N(c2cc(N3CCN(C)CC3)ccc2S(=O)(=O)C(C)C)COC1. The lowest BCUT2D eigenvalue weighted by Crippen LogP contribution is -2.44. The number of hydrogen-bond donors (Lipinski definition) is 0. The van der Waals surface area contributed by atoms with Crippen LogP contribution in [0.25, 0.3) is 0 Å². The van der Waals surface area contributed by atoms with Crippen molar-refractivity contribution in [1.29, 1.82) is 0 Å². The molecule has 0 aliphatic carbocycles. The summed E-state index contributed by atoms with van der Waals surface area (Å²) in [4.78, 5) is 30.9. The molecule has 0 unspecified atom stereocenters. The van der Waals surface area contributed by atoms with Gasteiger partial charge in [-0.1, -0.05) is 0 Å². The molecule has 0 N–H and O–H groups in total. The summed E-state index contributed by atoms with van der Waals surface area (Å²) in [5, 5.41) is -0.693. The average Bonchev–Trinajstić information content (AvgIpc) is 2.82. The molecular formula is C22H31N3O7S. The van der Waals surface area contributed by atoms with Crippen molar-refractivity contribution in [3.8, 4) is 0 Å². The number of carbonyl (C=O) groups is 2. The summed E-state index contributed by atoms with van der Waals surface area (Å²) in [5.74, 6) is -1.53. The number of likely N-dealkylation sites (N-methyl/N-ethyl adjacent to an activating group) is 1. The number of methoxy groups -OCH3 is 2. The fourth-order valence-electron chi connectivity index (χ4n) is 3.81. The van der Waals surface area contributed by atoms with Crippen LogP contribution in [-0.2, 0) is 33.6 Å². The summed E-state index contributed by atoms with van der Waals surface area (Å²) in [6.07, 6.45) is 0. The molecule has 0 aromatic heterocycles. The minimum Gasteiger partial charge on any atom is -0.466 e. The van der Waals surface area contributed by atoms with E-state index in [9.17, 15) is 18.0 Å². The zero-order valence-corrected chi connectivity index (χ0v) is 20.5. The number of carbonyl (C=O) groups excluding carboxylic acids is 2. The molecule has 2 heterocycles. The monoisotopic (exact) mass is 481 g/mol. The number of ether oxygens (including phenoxy) is 3. The predicted molar refractivity (Wildman–Crippen MR) is 123 cm³/mol. The third kappa shape index (κ3) is 4.99. The zero-order chi connectivity index (χ0) is 24.3. The number of benzene rings is 1. The Morgan fingerprint density at radius 3 is 2.24 bits per heavy atom. The molecule has 0 atom stereocenters. The molecule has 1 aromatic rings. The molecule has 0 saturated carbocycles. The first-order chi connectivity index (χ1) is 15.6. The fraction of sp³-hybridized carbons (Fsp3) is 0.545. The van der Waals surface area contributed by atoms with E-state index in [0.29, 0.717) is 0 Å². The van der Waals surface area contributed by atoms with Gasteiger partial charge in [0.15, 0.2) is 9.84 Å².